The van der Waals surface area contributed by atoms with E-state index in [1.54, 1.807) is 30.4 Å². The topological polar surface area (TPSA) is 105 Å². The summed E-state index contributed by atoms with van der Waals surface area (Å²) in [7, 11) is -1.24. The molecule has 1 fully saturated rings. The molecule has 134 valence electrons. The van der Waals surface area contributed by atoms with Crippen LogP contribution in [0, 0.1) is 0 Å². The largest absolute Gasteiger partial charge is 0.332 e. The summed E-state index contributed by atoms with van der Waals surface area (Å²) in [5.74, 6) is 0.842. The molecule has 0 aromatic carbocycles. The highest BCUT2D eigenvalue weighted by Gasteiger charge is 2.28. The lowest BCUT2D eigenvalue weighted by Crippen LogP contribution is -2.46. The second-order valence-electron chi connectivity index (χ2n) is 5.87. The molecule has 1 aliphatic rings. The monoisotopic (exact) mass is 381 g/mol. The van der Waals surface area contributed by atoms with E-state index < -0.39 is 9.84 Å². The van der Waals surface area contributed by atoms with E-state index in [2.05, 4.69) is 20.3 Å². The molecule has 25 heavy (non-hydrogen) atoms. The molecule has 1 saturated heterocycles. The number of nitrogens with one attached hydrogen (secondary N) is 1. The second-order valence-corrected chi connectivity index (χ2v) is 9.03. The maximum absolute atomic E-state index is 12.3. The van der Waals surface area contributed by atoms with Crippen molar-refractivity contribution in [2.24, 2.45) is 0 Å². The minimum atomic E-state index is -2.93. The van der Waals surface area contributed by atoms with Gasteiger partial charge in [0.15, 0.2) is 10.8 Å². The van der Waals surface area contributed by atoms with Crippen LogP contribution in [0.3, 0.4) is 0 Å². The van der Waals surface area contributed by atoms with Crippen LogP contribution >= 0.6 is 11.3 Å². The molecule has 3 rings (SSSR count). The van der Waals surface area contributed by atoms with Crippen molar-refractivity contribution >= 4 is 27.2 Å². The van der Waals surface area contributed by atoms with Gasteiger partial charge in [0.05, 0.1) is 23.7 Å². The van der Waals surface area contributed by atoms with Gasteiger partial charge in [-0.15, -0.1) is 11.3 Å². The standard InChI is InChI=1S/C15H19N5O3S2/c1-20(12-3-7-25(22,23)8-4-12)15(21)18-9-11-10-24-14(19-11)13-16-5-2-6-17-13/h2,5-6,10,12H,3-4,7-9H2,1H3,(H,18,21). The van der Waals surface area contributed by atoms with Gasteiger partial charge >= 0.3 is 6.03 Å². The van der Waals surface area contributed by atoms with Gasteiger partial charge in [0.25, 0.3) is 0 Å². The first kappa shape index (κ1) is 17.7. The molecule has 2 aromatic rings. The molecule has 0 bridgehead atoms. The van der Waals surface area contributed by atoms with Crippen molar-refractivity contribution in [3.05, 3.63) is 29.5 Å². The number of carbonyl (C=O) groups is 1. The van der Waals surface area contributed by atoms with Crippen LogP contribution in [0.25, 0.3) is 10.8 Å². The summed E-state index contributed by atoms with van der Waals surface area (Å²) < 4.78 is 23.0. The normalized spacial score (nSPS) is 17.2. The maximum Gasteiger partial charge on any atom is 0.317 e. The van der Waals surface area contributed by atoms with Gasteiger partial charge in [0, 0.05) is 30.9 Å². The van der Waals surface area contributed by atoms with Gasteiger partial charge in [-0.1, -0.05) is 0 Å². The Morgan fingerprint density at radius 3 is 2.68 bits per heavy atom. The summed E-state index contributed by atoms with van der Waals surface area (Å²) in [5, 5.41) is 5.39. The van der Waals surface area contributed by atoms with Crippen molar-refractivity contribution < 1.29 is 13.2 Å². The minimum Gasteiger partial charge on any atom is -0.332 e. The number of amides is 2. The van der Waals surface area contributed by atoms with Gasteiger partial charge in [0.2, 0.25) is 0 Å². The van der Waals surface area contributed by atoms with Gasteiger partial charge in [0.1, 0.15) is 9.84 Å². The van der Waals surface area contributed by atoms with Crippen LogP contribution in [0.2, 0.25) is 0 Å². The summed E-state index contributed by atoms with van der Waals surface area (Å²) >= 11 is 1.42. The van der Waals surface area contributed by atoms with E-state index in [-0.39, 0.29) is 23.6 Å². The predicted molar refractivity (Wildman–Crippen MR) is 94.8 cm³/mol. The Morgan fingerprint density at radius 2 is 2.00 bits per heavy atom. The number of urea groups is 1. The zero-order valence-corrected chi connectivity index (χ0v) is 15.4. The fourth-order valence-corrected chi connectivity index (χ4v) is 4.85. The summed E-state index contributed by atoms with van der Waals surface area (Å²) in [6.45, 7) is 0.303. The molecule has 2 aromatic heterocycles. The van der Waals surface area contributed by atoms with Crippen molar-refractivity contribution in [1.82, 2.24) is 25.2 Å². The molecule has 0 spiro atoms. The van der Waals surface area contributed by atoms with Gasteiger partial charge in [-0.05, 0) is 18.9 Å². The zero-order valence-electron chi connectivity index (χ0n) is 13.8. The predicted octanol–water partition coefficient (Wildman–Crippen LogP) is 1.32. The Bertz CT molecular complexity index is 824. The molecule has 0 unspecified atom stereocenters. The third kappa shape index (κ3) is 4.51. The number of nitrogens with zero attached hydrogens (tertiary/aromatic N) is 4. The molecule has 1 N–H and O–H groups in total. The van der Waals surface area contributed by atoms with E-state index in [0.29, 0.717) is 30.2 Å². The Balaban J connectivity index is 1.53. The van der Waals surface area contributed by atoms with Crippen LogP contribution in [0.15, 0.2) is 23.8 Å². The quantitative estimate of drug-likeness (QED) is 0.856. The summed E-state index contributed by atoms with van der Waals surface area (Å²) in [6, 6.07) is 1.46. The first-order valence-electron chi connectivity index (χ1n) is 7.87. The molecule has 0 radical (unpaired) electrons. The van der Waals surface area contributed by atoms with E-state index in [1.165, 1.54) is 11.3 Å². The van der Waals surface area contributed by atoms with Crippen molar-refractivity contribution in [1.29, 1.82) is 0 Å². The highest BCUT2D eigenvalue weighted by atomic mass is 32.2. The maximum atomic E-state index is 12.3. The number of hydrogen-bond acceptors (Lipinski definition) is 7. The molecule has 1 aliphatic heterocycles. The summed E-state index contributed by atoms with van der Waals surface area (Å²) in [6.07, 6.45) is 4.28. The van der Waals surface area contributed by atoms with Gasteiger partial charge in [-0.2, -0.15) is 0 Å². The Labute approximate surface area is 150 Å². The van der Waals surface area contributed by atoms with Crippen LogP contribution in [0.1, 0.15) is 18.5 Å². The lowest BCUT2D eigenvalue weighted by Gasteiger charge is -2.31. The molecule has 0 aliphatic carbocycles. The lowest BCUT2D eigenvalue weighted by molar-refractivity contribution is 0.185. The lowest BCUT2D eigenvalue weighted by atomic mass is 10.1. The molecule has 0 atom stereocenters. The molecular weight excluding hydrogens is 362 g/mol. The van der Waals surface area contributed by atoms with Crippen molar-refractivity contribution in [2.45, 2.75) is 25.4 Å². The van der Waals surface area contributed by atoms with E-state index in [1.807, 2.05) is 5.38 Å². The van der Waals surface area contributed by atoms with Gasteiger partial charge in [-0.3, -0.25) is 0 Å². The average molecular weight is 381 g/mol. The molecular formula is C15H19N5O3S2. The SMILES string of the molecule is CN(C(=O)NCc1csc(-c2ncccn2)n1)C1CCS(=O)(=O)CC1. The minimum absolute atomic E-state index is 0.0489. The molecule has 3 heterocycles. The van der Waals surface area contributed by atoms with Crippen molar-refractivity contribution in [2.75, 3.05) is 18.6 Å². The Kier molecular flexibility index (Phi) is 5.28. The molecule has 10 heteroatoms. The molecule has 0 saturated carbocycles. The Morgan fingerprint density at radius 1 is 1.32 bits per heavy atom. The smallest absolute Gasteiger partial charge is 0.317 e. The van der Waals surface area contributed by atoms with Crippen LogP contribution < -0.4 is 5.32 Å². The first-order valence-corrected chi connectivity index (χ1v) is 10.6. The average Bonchev–Trinajstić information content (AvgIpc) is 3.09. The summed E-state index contributed by atoms with van der Waals surface area (Å²) in [5.41, 5.74) is 0.737. The van der Waals surface area contributed by atoms with E-state index in [0.717, 1.165) is 5.69 Å². The molecule has 8 nitrogen and oxygen atoms in total. The van der Waals surface area contributed by atoms with E-state index in [9.17, 15) is 13.2 Å². The third-order valence-electron chi connectivity index (χ3n) is 4.12. The van der Waals surface area contributed by atoms with Crippen molar-refractivity contribution in [3.63, 3.8) is 0 Å². The van der Waals surface area contributed by atoms with Crippen molar-refractivity contribution in [3.8, 4) is 10.8 Å². The number of rotatable bonds is 4. The van der Waals surface area contributed by atoms with Crippen LogP contribution in [0.4, 0.5) is 4.79 Å². The fraction of sp³-hybridized carbons (Fsp3) is 0.467. The second kappa shape index (κ2) is 7.44. The van der Waals surface area contributed by atoms with Crippen LogP contribution in [-0.2, 0) is 16.4 Å². The highest BCUT2D eigenvalue weighted by molar-refractivity contribution is 7.91. The zero-order chi connectivity index (χ0) is 17.9. The molecule has 2 amide bonds. The first-order chi connectivity index (χ1) is 11.9. The fourth-order valence-electron chi connectivity index (χ4n) is 2.62. The number of aromatic nitrogens is 3. The van der Waals surface area contributed by atoms with Crippen LogP contribution in [0.5, 0.6) is 0 Å². The van der Waals surface area contributed by atoms with E-state index in [4.69, 9.17) is 0 Å². The van der Waals surface area contributed by atoms with Gasteiger partial charge in [-0.25, -0.2) is 28.2 Å². The van der Waals surface area contributed by atoms with Crippen LogP contribution in [-0.4, -0.2) is 58.9 Å². The number of thiazole rings is 1. The van der Waals surface area contributed by atoms with Gasteiger partial charge < -0.3 is 10.2 Å². The Hall–Kier alpha value is -2.07. The van der Waals surface area contributed by atoms with E-state index >= 15 is 0 Å². The number of carbonyl (C=O) groups excluding carboxylic acids is 1. The number of sulfone groups is 1. The summed E-state index contributed by atoms with van der Waals surface area (Å²) in [4.78, 5) is 26.6. The highest BCUT2D eigenvalue weighted by Crippen LogP contribution is 2.20. The third-order valence-corrected chi connectivity index (χ3v) is 6.72. The number of hydrogen-bond donors (Lipinski definition) is 1.